The van der Waals surface area contributed by atoms with E-state index in [9.17, 15) is 9.59 Å². The molecule has 5 nitrogen and oxygen atoms in total. The summed E-state index contributed by atoms with van der Waals surface area (Å²) in [6.45, 7) is 4.68. The van der Waals surface area contributed by atoms with E-state index in [-0.39, 0.29) is 6.42 Å². The predicted molar refractivity (Wildman–Crippen MR) is 55.8 cm³/mol. The van der Waals surface area contributed by atoms with Crippen molar-refractivity contribution in [3.63, 3.8) is 0 Å². The van der Waals surface area contributed by atoms with Gasteiger partial charge in [0.05, 0.1) is 6.42 Å². The number of carbonyl (C=O) groups is 2. The average Bonchev–Trinajstić information content (AvgIpc) is 2.09. The summed E-state index contributed by atoms with van der Waals surface area (Å²) in [6, 6.07) is -0.929. The Morgan fingerprint density at radius 2 is 1.80 bits per heavy atom. The summed E-state index contributed by atoms with van der Waals surface area (Å²) < 4.78 is 0. The van der Waals surface area contributed by atoms with Crippen molar-refractivity contribution in [1.29, 1.82) is 0 Å². The molecule has 5 heteroatoms. The Morgan fingerprint density at radius 3 is 2.13 bits per heavy atom. The number of likely N-dealkylation sites (N-methyl/N-ethyl adjacent to an activating group) is 1. The zero-order valence-electron chi connectivity index (χ0n) is 9.43. The maximum atomic E-state index is 10.8. The molecule has 0 fully saturated rings. The topological polar surface area (TPSA) is 77.8 Å². The normalized spacial score (nSPS) is 13.1. The van der Waals surface area contributed by atoms with Gasteiger partial charge >= 0.3 is 11.9 Å². The van der Waals surface area contributed by atoms with Crippen molar-refractivity contribution in [2.75, 3.05) is 13.6 Å². The Labute approximate surface area is 89.7 Å². The number of carboxylic acid groups (broad SMARTS) is 2. The monoisotopic (exact) mass is 217 g/mol. The highest BCUT2D eigenvalue weighted by molar-refractivity contribution is 5.80. The Bertz CT molecular complexity index is 227. The highest BCUT2D eigenvalue weighted by Gasteiger charge is 2.25. The van der Waals surface area contributed by atoms with Crippen LogP contribution in [0.25, 0.3) is 0 Å². The first kappa shape index (κ1) is 13.9. The van der Waals surface area contributed by atoms with Gasteiger partial charge in [0.1, 0.15) is 6.04 Å². The van der Waals surface area contributed by atoms with Gasteiger partial charge in [0.15, 0.2) is 0 Å². The second-order valence-electron chi connectivity index (χ2n) is 4.12. The quantitative estimate of drug-likeness (QED) is 0.662. The van der Waals surface area contributed by atoms with Crippen molar-refractivity contribution in [3.8, 4) is 0 Å². The molecule has 0 aromatic carbocycles. The summed E-state index contributed by atoms with van der Waals surface area (Å²) in [7, 11) is 1.64. The average molecular weight is 217 g/mol. The van der Waals surface area contributed by atoms with Crippen LogP contribution in [-0.2, 0) is 9.59 Å². The van der Waals surface area contributed by atoms with Crippen molar-refractivity contribution >= 4 is 11.9 Å². The Kier molecular flexibility index (Phi) is 5.93. The summed E-state index contributed by atoms with van der Waals surface area (Å²) in [5.74, 6) is -1.69. The third-order valence-electron chi connectivity index (χ3n) is 2.24. The minimum atomic E-state index is -1.08. The van der Waals surface area contributed by atoms with E-state index in [4.69, 9.17) is 10.2 Å². The summed E-state index contributed by atoms with van der Waals surface area (Å²) in [4.78, 5) is 22.9. The molecule has 1 atom stereocenters. The molecular weight excluding hydrogens is 198 g/mol. The van der Waals surface area contributed by atoms with Crippen molar-refractivity contribution in [2.24, 2.45) is 5.92 Å². The van der Waals surface area contributed by atoms with Gasteiger partial charge in [-0.25, -0.2) is 0 Å². The van der Waals surface area contributed by atoms with Crippen LogP contribution in [0.2, 0.25) is 0 Å². The lowest BCUT2D eigenvalue weighted by atomic mass is 10.1. The van der Waals surface area contributed by atoms with Crippen LogP contribution in [0.4, 0.5) is 0 Å². The Morgan fingerprint density at radius 1 is 1.27 bits per heavy atom. The van der Waals surface area contributed by atoms with Crippen molar-refractivity contribution in [1.82, 2.24) is 4.90 Å². The van der Waals surface area contributed by atoms with Gasteiger partial charge in [0.25, 0.3) is 0 Å². The summed E-state index contributed by atoms with van der Waals surface area (Å²) in [6.07, 6.45) is 0.504. The van der Waals surface area contributed by atoms with Crippen LogP contribution in [0.15, 0.2) is 0 Å². The van der Waals surface area contributed by atoms with E-state index in [1.54, 1.807) is 11.9 Å². The van der Waals surface area contributed by atoms with Crippen LogP contribution in [-0.4, -0.2) is 46.7 Å². The van der Waals surface area contributed by atoms with Crippen molar-refractivity contribution in [2.45, 2.75) is 32.7 Å². The standard InChI is InChI=1S/C10H19NO4/c1-7(2)4-5-11(3)8(10(14)15)6-9(12)13/h7-8H,4-6H2,1-3H3,(H,12,13)(H,14,15). The van der Waals surface area contributed by atoms with Gasteiger partial charge in [-0.1, -0.05) is 13.8 Å². The minimum Gasteiger partial charge on any atom is -0.481 e. The highest BCUT2D eigenvalue weighted by atomic mass is 16.4. The molecule has 2 N–H and O–H groups in total. The Hall–Kier alpha value is -1.10. The molecule has 0 spiro atoms. The SMILES string of the molecule is CC(C)CCN(C)C(CC(=O)O)C(=O)O. The fraction of sp³-hybridized carbons (Fsp3) is 0.800. The van der Waals surface area contributed by atoms with E-state index in [0.717, 1.165) is 6.42 Å². The lowest BCUT2D eigenvalue weighted by molar-refractivity contribution is -0.149. The first-order chi connectivity index (χ1) is 6.84. The number of hydrogen-bond acceptors (Lipinski definition) is 3. The van der Waals surface area contributed by atoms with Crippen LogP contribution in [0.3, 0.4) is 0 Å². The molecule has 0 saturated heterocycles. The maximum absolute atomic E-state index is 10.8. The molecule has 0 aromatic rings. The van der Waals surface area contributed by atoms with Crippen molar-refractivity contribution < 1.29 is 19.8 Å². The molecule has 0 saturated carbocycles. The third kappa shape index (κ3) is 6.06. The van der Waals surface area contributed by atoms with E-state index in [1.807, 2.05) is 13.8 Å². The van der Waals surface area contributed by atoms with Crippen LogP contribution in [0.1, 0.15) is 26.7 Å². The van der Waals surface area contributed by atoms with Crippen LogP contribution < -0.4 is 0 Å². The maximum Gasteiger partial charge on any atom is 0.321 e. The van der Waals surface area contributed by atoms with Crippen LogP contribution in [0, 0.1) is 5.92 Å². The van der Waals surface area contributed by atoms with Gasteiger partial charge in [0.2, 0.25) is 0 Å². The third-order valence-corrected chi connectivity index (χ3v) is 2.24. The van der Waals surface area contributed by atoms with Gasteiger partial charge in [-0.05, 0) is 25.9 Å². The van der Waals surface area contributed by atoms with E-state index >= 15 is 0 Å². The second-order valence-corrected chi connectivity index (χ2v) is 4.12. The molecule has 0 radical (unpaired) electrons. The number of hydrogen-bond donors (Lipinski definition) is 2. The van der Waals surface area contributed by atoms with Gasteiger partial charge in [-0.2, -0.15) is 0 Å². The largest absolute Gasteiger partial charge is 0.481 e. The number of carboxylic acids is 2. The molecule has 0 aliphatic rings. The number of aliphatic carboxylic acids is 2. The molecule has 1 unspecified atom stereocenters. The summed E-state index contributed by atoms with van der Waals surface area (Å²) >= 11 is 0. The van der Waals surface area contributed by atoms with E-state index in [1.165, 1.54) is 0 Å². The first-order valence-corrected chi connectivity index (χ1v) is 4.99. The molecule has 0 bridgehead atoms. The van der Waals surface area contributed by atoms with Gasteiger partial charge in [0, 0.05) is 0 Å². The lowest BCUT2D eigenvalue weighted by Crippen LogP contribution is -2.40. The lowest BCUT2D eigenvalue weighted by Gasteiger charge is -2.23. The van der Waals surface area contributed by atoms with Gasteiger partial charge in [-0.3, -0.25) is 14.5 Å². The van der Waals surface area contributed by atoms with E-state index < -0.39 is 18.0 Å². The number of rotatable bonds is 7. The zero-order valence-corrected chi connectivity index (χ0v) is 9.43. The number of nitrogens with zero attached hydrogens (tertiary/aromatic N) is 1. The van der Waals surface area contributed by atoms with E-state index in [0.29, 0.717) is 12.5 Å². The van der Waals surface area contributed by atoms with Crippen LogP contribution in [0.5, 0.6) is 0 Å². The fourth-order valence-corrected chi connectivity index (χ4v) is 1.21. The summed E-state index contributed by atoms with van der Waals surface area (Å²) in [5.41, 5.74) is 0. The molecule has 0 aliphatic carbocycles. The van der Waals surface area contributed by atoms with Gasteiger partial charge in [-0.15, -0.1) is 0 Å². The fourth-order valence-electron chi connectivity index (χ4n) is 1.21. The molecule has 0 rings (SSSR count). The molecule has 0 heterocycles. The molecule has 15 heavy (non-hydrogen) atoms. The minimum absolute atomic E-state index is 0.357. The van der Waals surface area contributed by atoms with Gasteiger partial charge < -0.3 is 10.2 Å². The smallest absolute Gasteiger partial charge is 0.321 e. The molecule has 0 aliphatic heterocycles. The van der Waals surface area contributed by atoms with Crippen molar-refractivity contribution in [3.05, 3.63) is 0 Å². The molecule has 88 valence electrons. The highest BCUT2D eigenvalue weighted by Crippen LogP contribution is 2.07. The molecule has 0 amide bonds. The first-order valence-electron chi connectivity index (χ1n) is 4.99. The van der Waals surface area contributed by atoms with Crippen LogP contribution >= 0.6 is 0 Å². The second kappa shape index (κ2) is 6.40. The van der Waals surface area contributed by atoms with E-state index in [2.05, 4.69) is 0 Å². The zero-order chi connectivity index (χ0) is 12.0. The molecular formula is C10H19NO4. The molecule has 0 aromatic heterocycles. The summed E-state index contributed by atoms with van der Waals surface area (Å²) in [5, 5.41) is 17.4. The predicted octanol–water partition coefficient (Wildman–Crippen LogP) is 0.892. The Balaban J connectivity index is 4.22.